The first-order chi connectivity index (χ1) is 19.4. The molecule has 0 saturated heterocycles. The Labute approximate surface area is 245 Å². The molecule has 212 valence electrons. The van der Waals surface area contributed by atoms with Gasteiger partial charge in [0.2, 0.25) is 0 Å². The van der Waals surface area contributed by atoms with Crippen LogP contribution in [0.2, 0.25) is 0 Å². The van der Waals surface area contributed by atoms with Gasteiger partial charge in [0.1, 0.15) is 11.5 Å². The quantitative estimate of drug-likeness (QED) is 0.325. The second-order valence-electron chi connectivity index (χ2n) is 13.5. The van der Waals surface area contributed by atoms with E-state index in [9.17, 15) is 0 Å². The number of hydrazine groups is 1. The minimum Gasteiger partial charge on any atom is -0.457 e. The summed E-state index contributed by atoms with van der Waals surface area (Å²) in [5.74, 6) is 1.67. The van der Waals surface area contributed by atoms with Gasteiger partial charge in [0, 0.05) is 38.1 Å². The highest BCUT2D eigenvalue weighted by atomic mass is 16.5. The summed E-state index contributed by atoms with van der Waals surface area (Å²) >= 11 is 0. The van der Waals surface area contributed by atoms with Crippen molar-refractivity contribution in [1.82, 2.24) is 5.01 Å². The highest BCUT2D eigenvalue weighted by molar-refractivity contribution is 5.83. The number of fused-ring (bicyclic) bond motifs is 2. The molecule has 2 aliphatic heterocycles. The van der Waals surface area contributed by atoms with E-state index in [1.165, 1.54) is 33.8 Å². The predicted molar refractivity (Wildman–Crippen MR) is 172 cm³/mol. The summed E-state index contributed by atoms with van der Waals surface area (Å²) < 4.78 is 6.61. The molecule has 3 aromatic carbocycles. The minimum absolute atomic E-state index is 0.0248. The molecule has 0 saturated carbocycles. The highest BCUT2D eigenvalue weighted by Crippen LogP contribution is 2.44. The number of ether oxygens (including phenoxy) is 1. The van der Waals surface area contributed by atoms with Crippen molar-refractivity contribution >= 4 is 22.7 Å². The summed E-state index contributed by atoms with van der Waals surface area (Å²) in [6, 6.07) is 21.9. The van der Waals surface area contributed by atoms with Crippen molar-refractivity contribution in [3.8, 4) is 11.5 Å². The predicted octanol–water partition coefficient (Wildman–Crippen LogP) is 9.01. The fourth-order valence-electron chi connectivity index (χ4n) is 5.76. The normalized spacial score (nSPS) is 16.6. The molecule has 0 atom stereocenters. The lowest BCUT2D eigenvalue weighted by Gasteiger charge is -2.29. The summed E-state index contributed by atoms with van der Waals surface area (Å²) in [5.41, 5.74) is 9.97. The first-order valence-corrected chi connectivity index (χ1v) is 14.6. The van der Waals surface area contributed by atoms with Gasteiger partial charge in [0.25, 0.3) is 0 Å². The average Bonchev–Trinajstić information content (AvgIpc) is 3.44. The van der Waals surface area contributed by atoms with Gasteiger partial charge < -0.3 is 14.5 Å². The lowest BCUT2D eigenvalue weighted by Crippen LogP contribution is -2.30. The Kier molecular flexibility index (Phi) is 6.44. The van der Waals surface area contributed by atoms with E-state index in [2.05, 4.69) is 154 Å². The molecule has 6 rings (SSSR count). The number of anilines is 4. The summed E-state index contributed by atoms with van der Waals surface area (Å²) in [5, 5.41) is 4.39. The molecular weight excluding hydrogens is 504 g/mol. The molecule has 0 unspecified atom stereocenters. The van der Waals surface area contributed by atoms with E-state index in [4.69, 9.17) is 4.74 Å². The van der Waals surface area contributed by atoms with E-state index in [-0.39, 0.29) is 10.8 Å². The Bertz CT molecular complexity index is 1580. The van der Waals surface area contributed by atoms with Crippen molar-refractivity contribution in [2.45, 2.75) is 58.8 Å². The number of allylic oxidation sites excluding steroid dienone is 4. The van der Waals surface area contributed by atoms with Crippen molar-refractivity contribution in [3.63, 3.8) is 0 Å². The zero-order chi connectivity index (χ0) is 29.1. The molecule has 0 N–H and O–H groups in total. The van der Waals surface area contributed by atoms with E-state index in [1.807, 2.05) is 6.07 Å². The van der Waals surface area contributed by atoms with Gasteiger partial charge in [-0.2, -0.15) is 0 Å². The third-order valence-electron chi connectivity index (χ3n) is 8.29. The van der Waals surface area contributed by atoms with Crippen LogP contribution < -0.4 is 19.5 Å². The van der Waals surface area contributed by atoms with Gasteiger partial charge in [0.15, 0.2) is 0 Å². The van der Waals surface area contributed by atoms with Crippen LogP contribution >= 0.6 is 0 Å². The zero-order valence-electron chi connectivity index (χ0n) is 25.7. The van der Waals surface area contributed by atoms with Crippen LogP contribution in [-0.4, -0.2) is 25.8 Å². The van der Waals surface area contributed by atoms with Gasteiger partial charge in [-0.25, -0.2) is 0 Å². The van der Waals surface area contributed by atoms with Gasteiger partial charge in [-0.05, 0) is 76.4 Å². The SMILES string of the molecule is CN1CN(c2cc(Oc3cccc(N4C=C5CC=CC=C5N4C)c3)cc(C(C)(C)C)c2)c2ccc(C(C)(C)C)cc21. The Morgan fingerprint density at radius 3 is 2.22 bits per heavy atom. The standard InChI is InChI=1S/C36H42N4O/c1-35(2,3)26-16-17-33-34(20-26)37(7)24-39(33)29-18-27(36(4,5)6)19-31(22-29)41-30-14-11-13-28(21-30)40-23-25-12-9-10-15-32(25)38(40)8/h9-11,13-23H,12,24H2,1-8H3. The molecule has 0 aromatic heterocycles. The zero-order valence-corrected chi connectivity index (χ0v) is 25.7. The average molecular weight is 547 g/mol. The van der Waals surface area contributed by atoms with E-state index in [0.29, 0.717) is 0 Å². The summed E-state index contributed by atoms with van der Waals surface area (Å²) in [4.78, 5) is 4.73. The first-order valence-electron chi connectivity index (χ1n) is 14.6. The van der Waals surface area contributed by atoms with Gasteiger partial charge in [-0.3, -0.25) is 10.0 Å². The smallest absolute Gasteiger partial charge is 0.129 e. The van der Waals surface area contributed by atoms with Crippen LogP contribution in [-0.2, 0) is 10.8 Å². The fourth-order valence-corrected chi connectivity index (χ4v) is 5.76. The third kappa shape index (κ3) is 5.10. The molecular formula is C36H42N4O. The van der Waals surface area contributed by atoms with Crippen molar-refractivity contribution in [1.29, 1.82) is 0 Å². The largest absolute Gasteiger partial charge is 0.457 e. The van der Waals surface area contributed by atoms with Crippen molar-refractivity contribution in [3.05, 3.63) is 107 Å². The summed E-state index contributed by atoms with van der Waals surface area (Å²) in [6.45, 7) is 14.4. The van der Waals surface area contributed by atoms with E-state index in [1.54, 1.807) is 0 Å². The van der Waals surface area contributed by atoms with Crippen molar-refractivity contribution in [2.24, 2.45) is 0 Å². The van der Waals surface area contributed by atoms with Crippen LogP contribution in [0, 0.1) is 0 Å². The van der Waals surface area contributed by atoms with Crippen molar-refractivity contribution in [2.75, 3.05) is 35.6 Å². The topological polar surface area (TPSA) is 22.2 Å². The second-order valence-corrected chi connectivity index (χ2v) is 13.5. The first kappa shape index (κ1) is 27.1. The molecule has 3 aliphatic rings. The maximum absolute atomic E-state index is 6.61. The lowest BCUT2D eigenvalue weighted by molar-refractivity contribution is 0.449. The van der Waals surface area contributed by atoms with Crippen LogP contribution in [0.1, 0.15) is 59.1 Å². The number of rotatable bonds is 4. The van der Waals surface area contributed by atoms with E-state index < -0.39 is 0 Å². The minimum atomic E-state index is -0.0248. The molecule has 3 aromatic rings. The molecule has 5 heteroatoms. The Balaban J connectivity index is 1.33. The van der Waals surface area contributed by atoms with Crippen LogP contribution in [0.5, 0.6) is 11.5 Å². The van der Waals surface area contributed by atoms with Gasteiger partial charge in [0.05, 0.1) is 29.4 Å². The third-order valence-corrected chi connectivity index (χ3v) is 8.29. The van der Waals surface area contributed by atoms with Crippen LogP contribution in [0.4, 0.5) is 22.7 Å². The monoisotopic (exact) mass is 546 g/mol. The summed E-state index contributed by atoms with van der Waals surface area (Å²) in [7, 11) is 4.28. The molecule has 0 spiro atoms. The number of nitrogens with zero attached hydrogens (tertiary/aromatic N) is 4. The Hall–Kier alpha value is -4.12. The van der Waals surface area contributed by atoms with Gasteiger partial charge in [-0.1, -0.05) is 65.8 Å². The molecule has 1 aliphatic carbocycles. The molecule has 0 radical (unpaired) electrons. The lowest BCUT2D eigenvalue weighted by atomic mass is 9.86. The van der Waals surface area contributed by atoms with Crippen LogP contribution in [0.3, 0.4) is 0 Å². The molecule has 0 amide bonds. The molecule has 0 fully saturated rings. The van der Waals surface area contributed by atoms with Crippen LogP contribution in [0.25, 0.3) is 0 Å². The molecule has 5 nitrogen and oxygen atoms in total. The maximum Gasteiger partial charge on any atom is 0.129 e. The summed E-state index contributed by atoms with van der Waals surface area (Å²) in [6.07, 6.45) is 9.68. The van der Waals surface area contributed by atoms with E-state index >= 15 is 0 Å². The van der Waals surface area contributed by atoms with E-state index in [0.717, 1.165) is 36.0 Å². The van der Waals surface area contributed by atoms with Crippen molar-refractivity contribution < 1.29 is 4.74 Å². The number of hydrogen-bond acceptors (Lipinski definition) is 5. The Morgan fingerprint density at radius 1 is 0.732 bits per heavy atom. The Morgan fingerprint density at radius 2 is 1.49 bits per heavy atom. The second kappa shape index (κ2) is 9.76. The van der Waals surface area contributed by atoms with Gasteiger partial charge in [-0.15, -0.1) is 0 Å². The molecule has 41 heavy (non-hydrogen) atoms. The highest BCUT2D eigenvalue weighted by Gasteiger charge is 2.29. The molecule has 2 heterocycles. The number of hydrogen-bond donors (Lipinski definition) is 0. The molecule has 0 bridgehead atoms. The number of likely N-dealkylation sites (N-methyl/N-ethyl adjacent to an activating group) is 1. The van der Waals surface area contributed by atoms with Crippen LogP contribution in [0.15, 0.2) is 96.4 Å². The van der Waals surface area contributed by atoms with Gasteiger partial charge >= 0.3 is 0 Å². The number of benzene rings is 3. The maximum atomic E-state index is 6.61. The fraction of sp³-hybridized carbons (Fsp3) is 0.333.